The molecule has 1 fully saturated rings. The molecule has 1 aromatic heterocycles. The fourth-order valence-electron chi connectivity index (χ4n) is 3.37. The summed E-state index contributed by atoms with van der Waals surface area (Å²) in [5.41, 5.74) is 0.723. The Kier molecular flexibility index (Phi) is 7.92. The summed E-state index contributed by atoms with van der Waals surface area (Å²) in [7, 11) is 3.06. The predicted molar refractivity (Wildman–Crippen MR) is 112 cm³/mol. The number of carbonyl (C=O) groups excluding carboxylic acids is 1. The third kappa shape index (κ3) is 6.45. The van der Waals surface area contributed by atoms with Crippen molar-refractivity contribution in [1.29, 1.82) is 0 Å². The Labute approximate surface area is 188 Å². The number of rotatable bonds is 9. The van der Waals surface area contributed by atoms with E-state index in [1.54, 1.807) is 25.3 Å². The van der Waals surface area contributed by atoms with E-state index in [0.717, 1.165) is 18.1 Å². The third-order valence-corrected chi connectivity index (χ3v) is 4.94. The molecular formula is C21H25F3N4O5. The highest BCUT2D eigenvalue weighted by atomic mass is 19.4. The molecule has 0 saturated carbocycles. The average molecular weight is 470 g/mol. The van der Waals surface area contributed by atoms with E-state index < -0.39 is 12.0 Å². The van der Waals surface area contributed by atoms with Gasteiger partial charge in [0.25, 0.3) is 0 Å². The number of nitrogens with zero attached hydrogens (tertiary/aromatic N) is 3. The molecule has 0 spiro atoms. The van der Waals surface area contributed by atoms with Crippen molar-refractivity contribution >= 4 is 11.6 Å². The summed E-state index contributed by atoms with van der Waals surface area (Å²) < 4.78 is 59.7. The van der Waals surface area contributed by atoms with E-state index in [0.29, 0.717) is 31.2 Å². The van der Waals surface area contributed by atoms with Crippen LogP contribution in [-0.4, -0.2) is 68.5 Å². The summed E-state index contributed by atoms with van der Waals surface area (Å²) in [6.45, 7) is 3.17. The molecule has 2 heterocycles. The van der Waals surface area contributed by atoms with Crippen LogP contribution in [0.3, 0.4) is 0 Å². The largest absolute Gasteiger partial charge is 0.497 e. The van der Waals surface area contributed by atoms with Crippen LogP contribution in [0.15, 0.2) is 30.6 Å². The van der Waals surface area contributed by atoms with E-state index in [1.165, 1.54) is 7.11 Å². The quantitative estimate of drug-likeness (QED) is 0.598. The molecule has 1 aromatic carbocycles. The third-order valence-electron chi connectivity index (χ3n) is 4.94. The second-order valence-electron chi connectivity index (χ2n) is 7.20. The Morgan fingerprint density at radius 2 is 1.82 bits per heavy atom. The number of halogens is 3. The lowest BCUT2D eigenvalue weighted by molar-refractivity contribution is -0.145. The minimum Gasteiger partial charge on any atom is -0.497 e. The Bertz CT molecular complexity index is 942. The van der Waals surface area contributed by atoms with E-state index >= 15 is 0 Å². The Morgan fingerprint density at radius 3 is 2.42 bits per heavy atom. The normalized spacial score (nSPS) is 18.3. The molecule has 1 aliphatic heterocycles. The first-order valence-electron chi connectivity index (χ1n) is 10.1. The zero-order valence-corrected chi connectivity index (χ0v) is 18.4. The molecule has 1 aliphatic rings. The summed E-state index contributed by atoms with van der Waals surface area (Å²) in [5.74, 6) is -0.637. The van der Waals surface area contributed by atoms with Gasteiger partial charge < -0.3 is 29.2 Å². The second-order valence-corrected chi connectivity index (χ2v) is 7.20. The zero-order valence-electron chi connectivity index (χ0n) is 18.4. The van der Waals surface area contributed by atoms with Crippen molar-refractivity contribution in [1.82, 2.24) is 15.3 Å². The monoisotopic (exact) mass is 470 g/mol. The maximum absolute atomic E-state index is 12.7. The number of amides is 1. The molecular weight excluding hydrogens is 445 g/mol. The van der Waals surface area contributed by atoms with Gasteiger partial charge in [0, 0.05) is 50.7 Å². The van der Waals surface area contributed by atoms with Gasteiger partial charge >= 0.3 is 6.18 Å². The van der Waals surface area contributed by atoms with Crippen molar-refractivity contribution in [2.24, 2.45) is 0 Å². The number of alkyl halides is 3. The first kappa shape index (κ1) is 24.5. The van der Waals surface area contributed by atoms with Crippen molar-refractivity contribution < 1.29 is 36.9 Å². The van der Waals surface area contributed by atoms with Crippen LogP contribution < -0.4 is 19.7 Å². The highest BCUT2D eigenvalue weighted by Gasteiger charge is 2.35. The smallest absolute Gasteiger partial charge is 0.451 e. The average Bonchev–Trinajstić information content (AvgIpc) is 3.20. The summed E-state index contributed by atoms with van der Waals surface area (Å²) in [5, 5.41) is 2.91. The molecule has 1 unspecified atom stereocenters. The number of hydrogen-bond donors (Lipinski definition) is 1. The maximum Gasteiger partial charge on any atom is 0.451 e. The SMILES string of the molecule is CCOCC(=O)NC1CN(c2cc(OC)cc(Oc3cnc(C(F)(F)F)nc3)c2)C[C@@H]1OC. The van der Waals surface area contributed by atoms with Crippen LogP contribution in [-0.2, 0) is 20.4 Å². The van der Waals surface area contributed by atoms with Gasteiger partial charge in [0.05, 0.1) is 31.6 Å². The first-order chi connectivity index (χ1) is 15.7. The molecule has 180 valence electrons. The van der Waals surface area contributed by atoms with Crippen LogP contribution in [0.25, 0.3) is 0 Å². The highest BCUT2D eigenvalue weighted by Crippen LogP contribution is 2.34. The molecule has 0 aliphatic carbocycles. The van der Waals surface area contributed by atoms with E-state index in [1.807, 2.05) is 11.8 Å². The number of carbonyl (C=O) groups is 1. The van der Waals surface area contributed by atoms with Crippen molar-refractivity contribution in [3.05, 3.63) is 36.4 Å². The molecule has 1 saturated heterocycles. The molecule has 33 heavy (non-hydrogen) atoms. The topological polar surface area (TPSA) is 95.0 Å². The van der Waals surface area contributed by atoms with Crippen molar-refractivity contribution in [2.45, 2.75) is 25.2 Å². The maximum atomic E-state index is 12.7. The lowest BCUT2D eigenvalue weighted by Gasteiger charge is -2.20. The van der Waals surface area contributed by atoms with Gasteiger partial charge in [-0.1, -0.05) is 0 Å². The Hall–Kier alpha value is -3.12. The van der Waals surface area contributed by atoms with E-state index in [9.17, 15) is 18.0 Å². The van der Waals surface area contributed by atoms with Gasteiger partial charge in [-0.05, 0) is 6.92 Å². The summed E-state index contributed by atoms with van der Waals surface area (Å²) in [4.78, 5) is 20.7. The number of benzene rings is 1. The van der Waals surface area contributed by atoms with Crippen LogP contribution in [0.2, 0.25) is 0 Å². The fraction of sp³-hybridized carbons (Fsp3) is 0.476. The zero-order chi connectivity index (χ0) is 24.0. The van der Waals surface area contributed by atoms with Crippen LogP contribution in [0.4, 0.5) is 18.9 Å². The molecule has 3 rings (SSSR count). The van der Waals surface area contributed by atoms with Gasteiger partial charge in [-0.15, -0.1) is 0 Å². The van der Waals surface area contributed by atoms with Crippen LogP contribution in [0.5, 0.6) is 17.2 Å². The van der Waals surface area contributed by atoms with E-state index in [4.69, 9.17) is 18.9 Å². The highest BCUT2D eigenvalue weighted by molar-refractivity contribution is 5.77. The molecule has 0 radical (unpaired) electrons. The van der Waals surface area contributed by atoms with Gasteiger partial charge in [0.2, 0.25) is 11.7 Å². The van der Waals surface area contributed by atoms with E-state index in [-0.39, 0.29) is 30.4 Å². The van der Waals surface area contributed by atoms with Crippen molar-refractivity contribution in [3.8, 4) is 17.2 Å². The summed E-state index contributed by atoms with van der Waals surface area (Å²) >= 11 is 0. The fourth-order valence-corrected chi connectivity index (χ4v) is 3.37. The predicted octanol–water partition coefficient (Wildman–Crippen LogP) is 2.65. The standard InChI is InChI=1S/C21H25F3N4O5/c1-4-32-12-19(29)27-17-10-28(11-18(17)31-3)13-5-14(30-2)7-15(6-13)33-16-8-25-20(26-9-16)21(22,23)24/h5-9,17-18H,4,10-12H2,1-3H3,(H,27,29)/t17?,18-/m0/s1. The molecule has 2 atom stereocenters. The Balaban J connectivity index is 1.75. The number of aromatic nitrogens is 2. The van der Waals surface area contributed by atoms with Crippen molar-refractivity contribution in [3.63, 3.8) is 0 Å². The molecule has 1 amide bonds. The number of methoxy groups -OCH3 is 2. The number of anilines is 1. The molecule has 2 aromatic rings. The van der Waals surface area contributed by atoms with Gasteiger partial charge in [-0.3, -0.25) is 4.79 Å². The molecule has 1 N–H and O–H groups in total. The molecule has 0 bridgehead atoms. The summed E-state index contributed by atoms with van der Waals surface area (Å²) in [6, 6.07) is 4.82. The first-order valence-corrected chi connectivity index (χ1v) is 10.1. The Morgan fingerprint density at radius 1 is 1.12 bits per heavy atom. The minimum absolute atomic E-state index is 0.0320. The van der Waals surface area contributed by atoms with Gasteiger partial charge in [-0.25, -0.2) is 9.97 Å². The molecule has 9 nitrogen and oxygen atoms in total. The van der Waals surface area contributed by atoms with Gasteiger partial charge in [-0.2, -0.15) is 13.2 Å². The van der Waals surface area contributed by atoms with Crippen LogP contribution >= 0.6 is 0 Å². The van der Waals surface area contributed by atoms with E-state index in [2.05, 4.69) is 15.3 Å². The number of hydrogen-bond acceptors (Lipinski definition) is 8. The number of ether oxygens (including phenoxy) is 4. The lowest BCUT2D eigenvalue weighted by atomic mass is 10.2. The number of nitrogens with one attached hydrogen (secondary N) is 1. The van der Waals surface area contributed by atoms with Crippen molar-refractivity contribution in [2.75, 3.05) is 45.4 Å². The second kappa shape index (κ2) is 10.7. The lowest BCUT2D eigenvalue weighted by Crippen LogP contribution is -2.45. The summed E-state index contributed by atoms with van der Waals surface area (Å²) in [6.07, 6.45) is -2.98. The molecule has 12 heteroatoms. The van der Waals surface area contributed by atoms with Gasteiger partial charge in [0.1, 0.15) is 18.1 Å². The van der Waals surface area contributed by atoms with Crippen LogP contribution in [0, 0.1) is 0 Å². The minimum atomic E-state index is -4.63. The van der Waals surface area contributed by atoms with Gasteiger partial charge in [0.15, 0.2) is 5.75 Å². The van der Waals surface area contributed by atoms with Crippen LogP contribution in [0.1, 0.15) is 12.7 Å².